The molecule has 0 spiro atoms. The summed E-state index contributed by atoms with van der Waals surface area (Å²) >= 11 is 0. The lowest BCUT2D eigenvalue weighted by atomic mass is 9.94. The first kappa shape index (κ1) is 9.56. The quantitative estimate of drug-likeness (QED) is 0.565. The third-order valence-electron chi connectivity index (χ3n) is 2.50. The Morgan fingerprint density at radius 1 is 1.50 bits per heavy atom. The van der Waals surface area contributed by atoms with Crippen LogP contribution in [0.25, 0.3) is 0 Å². The zero-order chi connectivity index (χ0) is 9.14. The first-order valence-corrected chi connectivity index (χ1v) is 4.79. The molecule has 0 amide bonds. The normalized spacial score (nSPS) is 31.5. The maximum Gasteiger partial charge on any atom is 0.306 e. The van der Waals surface area contributed by atoms with Crippen LogP contribution in [0.4, 0.5) is 0 Å². The Balaban J connectivity index is 2.55. The molecule has 1 aliphatic rings. The Morgan fingerprint density at radius 2 is 2.17 bits per heavy atom. The topological polar surface area (TPSA) is 26.3 Å². The van der Waals surface area contributed by atoms with Crippen LogP contribution in [0.5, 0.6) is 0 Å². The molecule has 2 atom stereocenters. The lowest BCUT2D eigenvalue weighted by molar-refractivity contribution is -0.150. The molecule has 0 saturated carbocycles. The lowest BCUT2D eigenvalue weighted by Gasteiger charge is -2.20. The highest BCUT2D eigenvalue weighted by Crippen LogP contribution is 2.24. The van der Waals surface area contributed by atoms with Gasteiger partial charge in [0.15, 0.2) is 0 Å². The molecule has 1 fully saturated rings. The van der Waals surface area contributed by atoms with Crippen LogP contribution < -0.4 is 0 Å². The van der Waals surface area contributed by atoms with Crippen molar-refractivity contribution in [2.45, 2.75) is 46.1 Å². The summed E-state index contributed by atoms with van der Waals surface area (Å²) in [4.78, 5) is 11.1. The Hall–Kier alpha value is -0.530. The third-order valence-corrected chi connectivity index (χ3v) is 2.50. The summed E-state index contributed by atoms with van der Waals surface area (Å²) in [5.74, 6) is 1.07. The second kappa shape index (κ2) is 3.92. The van der Waals surface area contributed by atoms with Crippen molar-refractivity contribution >= 4 is 5.97 Å². The van der Waals surface area contributed by atoms with Crippen LogP contribution in [0.2, 0.25) is 0 Å². The average Bonchev–Trinajstić information content (AvgIpc) is 2.13. The van der Waals surface area contributed by atoms with E-state index in [9.17, 15) is 4.79 Å². The highest BCUT2D eigenvalue weighted by atomic mass is 16.5. The van der Waals surface area contributed by atoms with Crippen molar-refractivity contribution in [2.24, 2.45) is 11.8 Å². The molecule has 1 heterocycles. The fraction of sp³-hybridized carbons (Fsp3) is 0.900. The van der Waals surface area contributed by atoms with E-state index in [1.54, 1.807) is 0 Å². The van der Waals surface area contributed by atoms with Crippen LogP contribution in [0.15, 0.2) is 0 Å². The maximum atomic E-state index is 11.1. The minimum absolute atomic E-state index is 0.0157. The van der Waals surface area contributed by atoms with E-state index in [-0.39, 0.29) is 12.1 Å². The fourth-order valence-electron chi connectivity index (χ4n) is 1.56. The first-order valence-electron chi connectivity index (χ1n) is 4.79. The molecule has 12 heavy (non-hydrogen) atoms. The number of rotatable bonds is 1. The molecule has 0 bridgehead atoms. The Kier molecular flexibility index (Phi) is 3.12. The highest BCUT2D eigenvalue weighted by Gasteiger charge is 2.24. The molecular formula is C10H18O2. The summed E-state index contributed by atoms with van der Waals surface area (Å²) in [6.07, 6.45) is 2.77. The van der Waals surface area contributed by atoms with Gasteiger partial charge >= 0.3 is 5.97 Å². The number of carbonyl (C=O) groups excluding carboxylic acids is 1. The smallest absolute Gasteiger partial charge is 0.306 e. The minimum Gasteiger partial charge on any atom is -0.462 e. The van der Waals surface area contributed by atoms with Gasteiger partial charge in [0.1, 0.15) is 6.10 Å². The van der Waals surface area contributed by atoms with Crippen LogP contribution in [-0.2, 0) is 9.53 Å². The molecule has 0 aromatic carbocycles. The second-order valence-electron chi connectivity index (χ2n) is 4.15. The van der Waals surface area contributed by atoms with Crippen LogP contribution in [0.3, 0.4) is 0 Å². The third kappa shape index (κ3) is 2.50. The van der Waals surface area contributed by atoms with Gasteiger partial charge in [0.2, 0.25) is 0 Å². The van der Waals surface area contributed by atoms with Gasteiger partial charge in [-0.05, 0) is 24.7 Å². The summed E-state index contributed by atoms with van der Waals surface area (Å²) < 4.78 is 5.30. The van der Waals surface area contributed by atoms with Gasteiger partial charge in [-0.15, -0.1) is 0 Å². The van der Waals surface area contributed by atoms with Gasteiger partial charge in [0.05, 0.1) is 0 Å². The molecule has 70 valence electrons. The number of hydrogen-bond donors (Lipinski definition) is 0. The monoisotopic (exact) mass is 170 g/mol. The van der Waals surface area contributed by atoms with E-state index in [0.29, 0.717) is 18.3 Å². The molecule has 0 radical (unpaired) electrons. The van der Waals surface area contributed by atoms with Gasteiger partial charge in [-0.1, -0.05) is 20.8 Å². The largest absolute Gasteiger partial charge is 0.462 e. The zero-order valence-electron chi connectivity index (χ0n) is 8.17. The lowest BCUT2D eigenvalue weighted by Crippen LogP contribution is -2.22. The molecule has 1 aliphatic heterocycles. The number of cyclic esters (lactones) is 1. The Bertz CT molecular complexity index is 163. The number of ether oxygens (including phenoxy) is 1. The first-order chi connectivity index (χ1) is 5.59. The van der Waals surface area contributed by atoms with Gasteiger partial charge in [-0.3, -0.25) is 4.79 Å². The van der Waals surface area contributed by atoms with E-state index < -0.39 is 0 Å². The van der Waals surface area contributed by atoms with Crippen molar-refractivity contribution in [3.8, 4) is 0 Å². The van der Waals surface area contributed by atoms with Crippen molar-refractivity contribution < 1.29 is 9.53 Å². The van der Waals surface area contributed by atoms with Gasteiger partial charge in [0.25, 0.3) is 0 Å². The molecule has 0 aromatic heterocycles. The van der Waals surface area contributed by atoms with E-state index in [4.69, 9.17) is 4.74 Å². The number of carbonyl (C=O) groups is 1. The second-order valence-corrected chi connectivity index (χ2v) is 4.15. The molecule has 1 saturated heterocycles. The van der Waals surface area contributed by atoms with Crippen LogP contribution in [0.1, 0.15) is 40.0 Å². The van der Waals surface area contributed by atoms with Crippen molar-refractivity contribution in [1.82, 2.24) is 0 Å². The van der Waals surface area contributed by atoms with E-state index in [0.717, 1.165) is 12.8 Å². The molecule has 0 aliphatic carbocycles. The molecule has 2 heteroatoms. The summed E-state index contributed by atoms with van der Waals surface area (Å²) in [5, 5.41) is 0. The van der Waals surface area contributed by atoms with Crippen LogP contribution >= 0.6 is 0 Å². The van der Waals surface area contributed by atoms with Crippen LogP contribution in [0, 0.1) is 11.8 Å². The van der Waals surface area contributed by atoms with Crippen molar-refractivity contribution in [2.75, 3.05) is 0 Å². The summed E-state index contributed by atoms with van der Waals surface area (Å²) in [6, 6.07) is 0. The molecule has 0 aromatic rings. The van der Waals surface area contributed by atoms with E-state index in [1.807, 2.05) is 0 Å². The molecule has 1 rings (SSSR count). The van der Waals surface area contributed by atoms with E-state index >= 15 is 0 Å². The highest BCUT2D eigenvalue weighted by molar-refractivity contribution is 5.69. The van der Waals surface area contributed by atoms with Gasteiger partial charge in [-0.2, -0.15) is 0 Å². The van der Waals surface area contributed by atoms with E-state index in [1.165, 1.54) is 0 Å². The SMILES string of the molecule is CC1CCC(=O)OC(C(C)C)C1. The molecule has 0 N–H and O–H groups in total. The Labute approximate surface area is 74.3 Å². The zero-order valence-corrected chi connectivity index (χ0v) is 8.17. The van der Waals surface area contributed by atoms with Crippen molar-refractivity contribution in [3.63, 3.8) is 0 Å². The summed E-state index contributed by atoms with van der Waals surface area (Å²) in [6.45, 7) is 6.41. The maximum absolute atomic E-state index is 11.1. The molecule has 2 nitrogen and oxygen atoms in total. The number of hydrogen-bond acceptors (Lipinski definition) is 2. The van der Waals surface area contributed by atoms with Crippen molar-refractivity contribution in [3.05, 3.63) is 0 Å². The summed E-state index contributed by atoms with van der Waals surface area (Å²) in [7, 11) is 0. The predicted molar refractivity (Wildman–Crippen MR) is 47.7 cm³/mol. The molecular weight excluding hydrogens is 152 g/mol. The van der Waals surface area contributed by atoms with Gasteiger partial charge < -0.3 is 4.74 Å². The molecule has 2 unspecified atom stereocenters. The van der Waals surface area contributed by atoms with Crippen LogP contribution in [-0.4, -0.2) is 12.1 Å². The number of esters is 1. The van der Waals surface area contributed by atoms with Crippen molar-refractivity contribution in [1.29, 1.82) is 0 Å². The predicted octanol–water partition coefficient (Wildman–Crippen LogP) is 2.37. The van der Waals surface area contributed by atoms with E-state index in [2.05, 4.69) is 20.8 Å². The standard InChI is InChI=1S/C10H18O2/c1-7(2)9-6-8(3)4-5-10(11)12-9/h7-9H,4-6H2,1-3H3. The Morgan fingerprint density at radius 3 is 2.75 bits per heavy atom. The average molecular weight is 170 g/mol. The minimum atomic E-state index is -0.0157. The summed E-state index contributed by atoms with van der Waals surface area (Å²) in [5.41, 5.74) is 0. The fourth-order valence-corrected chi connectivity index (χ4v) is 1.56. The van der Waals surface area contributed by atoms with Gasteiger partial charge in [0, 0.05) is 6.42 Å². The van der Waals surface area contributed by atoms with Gasteiger partial charge in [-0.25, -0.2) is 0 Å².